The molecule has 1 aliphatic carbocycles. The molecule has 1 amide bonds. The number of hydrogen-bond donors (Lipinski definition) is 1. The highest BCUT2D eigenvalue weighted by molar-refractivity contribution is 5.94. The molecule has 0 bridgehead atoms. The highest BCUT2D eigenvalue weighted by atomic mass is 19.4. The van der Waals surface area contributed by atoms with Gasteiger partial charge >= 0.3 is 6.18 Å². The van der Waals surface area contributed by atoms with Crippen molar-refractivity contribution in [1.82, 2.24) is 10.2 Å². The number of nitrogens with one attached hydrogen (secondary N) is 1. The Bertz CT molecular complexity index is 872. The molecule has 0 aliphatic heterocycles. The molecule has 0 spiro atoms. The fourth-order valence-corrected chi connectivity index (χ4v) is 3.19. The van der Waals surface area contributed by atoms with Crippen molar-refractivity contribution >= 4 is 12.0 Å². The first-order valence-corrected chi connectivity index (χ1v) is 8.69. The zero-order valence-corrected chi connectivity index (χ0v) is 15.2. The number of hydrogen-bond acceptors (Lipinski definition) is 2. The third-order valence-electron chi connectivity index (χ3n) is 4.57. The van der Waals surface area contributed by atoms with Gasteiger partial charge in [0, 0.05) is 19.7 Å². The minimum atomic E-state index is -4.47. The molecule has 1 unspecified atom stereocenters. The maximum Gasteiger partial charge on any atom is 0.416 e. The smallest absolute Gasteiger partial charge is 0.383 e. The van der Waals surface area contributed by atoms with E-state index < -0.39 is 17.6 Å². The van der Waals surface area contributed by atoms with Gasteiger partial charge in [-0.1, -0.05) is 18.2 Å². The lowest BCUT2D eigenvalue weighted by Crippen LogP contribution is -2.27. The molecule has 2 aromatic rings. The molecule has 0 saturated heterocycles. The number of carbonyl (C=O) groups is 1. The molecule has 3 nitrogen and oxygen atoms in total. The Labute approximate surface area is 156 Å². The van der Waals surface area contributed by atoms with E-state index in [1.807, 2.05) is 49.5 Å². The van der Waals surface area contributed by atoms with Crippen LogP contribution in [0, 0.1) is 0 Å². The van der Waals surface area contributed by atoms with Gasteiger partial charge in [-0.2, -0.15) is 13.2 Å². The summed E-state index contributed by atoms with van der Waals surface area (Å²) in [6.07, 6.45) is 1.02. The monoisotopic (exact) mass is 374 g/mol. The van der Waals surface area contributed by atoms with Crippen LogP contribution < -0.4 is 5.32 Å². The zero-order chi connectivity index (χ0) is 19.6. The second kappa shape index (κ2) is 7.47. The van der Waals surface area contributed by atoms with E-state index in [0.717, 1.165) is 41.7 Å². The predicted molar refractivity (Wildman–Crippen MR) is 99.1 cm³/mol. The molecular weight excluding hydrogens is 353 g/mol. The van der Waals surface area contributed by atoms with Crippen molar-refractivity contribution in [2.75, 3.05) is 14.1 Å². The topological polar surface area (TPSA) is 32.3 Å². The van der Waals surface area contributed by atoms with Gasteiger partial charge in [-0.25, -0.2) is 0 Å². The van der Waals surface area contributed by atoms with Gasteiger partial charge in [0.2, 0.25) is 0 Å². The Kier molecular flexibility index (Phi) is 5.26. The number of carbonyl (C=O) groups excluding carboxylic acids is 1. The van der Waals surface area contributed by atoms with E-state index in [2.05, 4.69) is 5.32 Å². The Morgan fingerprint density at radius 3 is 2.67 bits per heavy atom. The first kappa shape index (κ1) is 19.0. The lowest BCUT2D eigenvalue weighted by Gasteiger charge is -2.16. The normalized spacial score (nSPS) is 16.4. The molecule has 1 atom stereocenters. The molecule has 1 N–H and O–H groups in total. The van der Waals surface area contributed by atoms with E-state index in [4.69, 9.17) is 0 Å². The Morgan fingerprint density at radius 1 is 1.19 bits per heavy atom. The quantitative estimate of drug-likeness (QED) is 0.845. The van der Waals surface area contributed by atoms with Crippen molar-refractivity contribution in [2.45, 2.75) is 25.1 Å². The number of alkyl halides is 3. The summed E-state index contributed by atoms with van der Waals surface area (Å²) in [5.74, 6) is -0.492. The molecule has 2 aromatic carbocycles. The maximum atomic E-state index is 12.9. The van der Waals surface area contributed by atoms with Gasteiger partial charge in [-0.05, 0) is 66.1 Å². The lowest BCUT2D eigenvalue weighted by atomic mass is 10.0. The number of rotatable bonds is 4. The Balaban J connectivity index is 1.79. The second-order valence-electron chi connectivity index (χ2n) is 6.88. The summed E-state index contributed by atoms with van der Waals surface area (Å²) in [5, 5.41) is 2.88. The van der Waals surface area contributed by atoms with E-state index in [1.54, 1.807) is 0 Å². The molecule has 0 aromatic heterocycles. The highest BCUT2D eigenvalue weighted by Crippen LogP contribution is 2.33. The number of aryl methyl sites for hydroxylation is 1. The fraction of sp³-hybridized carbons (Fsp3) is 0.286. The SMILES string of the molecule is CN(C)C=Cc1ccc2c(c1)C(NC(=O)c1cccc(C(F)(F)F)c1)CC2. The van der Waals surface area contributed by atoms with Crippen molar-refractivity contribution < 1.29 is 18.0 Å². The van der Waals surface area contributed by atoms with Crippen LogP contribution in [-0.2, 0) is 12.6 Å². The number of halogens is 3. The zero-order valence-electron chi connectivity index (χ0n) is 15.2. The average molecular weight is 374 g/mol. The summed E-state index contributed by atoms with van der Waals surface area (Å²) in [4.78, 5) is 14.4. The van der Waals surface area contributed by atoms with Crippen LogP contribution in [0.3, 0.4) is 0 Å². The Hall–Kier alpha value is -2.76. The summed E-state index contributed by atoms with van der Waals surface area (Å²) in [5.41, 5.74) is 2.39. The van der Waals surface area contributed by atoms with Crippen LogP contribution in [0.15, 0.2) is 48.7 Å². The standard InChI is InChI=1S/C21H21F3N2O/c1-26(2)11-10-14-6-7-15-8-9-19(18(15)12-14)25-20(27)16-4-3-5-17(13-16)21(22,23)24/h3-7,10-13,19H,8-9H2,1-2H3,(H,25,27). The van der Waals surface area contributed by atoms with E-state index >= 15 is 0 Å². The average Bonchev–Trinajstić information content (AvgIpc) is 3.01. The Morgan fingerprint density at radius 2 is 1.96 bits per heavy atom. The number of benzene rings is 2. The van der Waals surface area contributed by atoms with Crippen molar-refractivity contribution in [3.63, 3.8) is 0 Å². The van der Waals surface area contributed by atoms with Gasteiger partial charge in [0.25, 0.3) is 5.91 Å². The van der Waals surface area contributed by atoms with Crippen molar-refractivity contribution in [2.24, 2.45) is 0 Å². The van der Waals surface area contributed by atoms with Crippen LogP contribution >= 0.6 is 0 Å². The van der Waals surface area contributed by atoms with Crippen LogP contribution in [0.5, 0.6) is 0 Å². The van der Waals surface area contributed by atoms with E-state index in [9.17, 15) is 18.0 Å². The number of amides is 1. The molecule has 0 heterocycles. The van der Waals surface area contributed by atoms with Crippen molar-refractivity contribution in [1.29, 1.82) is 0 Å². The molecule has 27 heavy (non-hydrogen) atoms. The van der Waals surface area contributed by atoms with Crippen LogP contribution in [0.2, 0.25) is 0 Å². The first-order valence-electron chi connectivity index (χ1n) is 8.69. The van der Waals surface area contributed by atoms with Gasteiger partial charge < -0.3 is 10.2 Å². The summed E-state index contributed by atoms with van der Waals surface area (Å²) in [7, 11) is 3.86. The van der Waals surface area contributed by atoms with Crippen LogP contribution in [0.4, 0.5) is 13.2 Å². The van der Waals surface area contributed by atoms with Crippen molar-refractivity contribution in [3.8, 4) is 0 Å². The van der Waals surface area contributed by atoms with E-state index in [0.29, 0.717) is 0 Å². The van der Waals surface area contributed by atoms with Crippen LogP contribution in [-0.4, -0.2) is 24.9 Å². The molecule has 0 fully saturated rings. The molecular formula is C21H21F3N2O. The van der Waals surface area contributed by atoms with Gasteiger partial charge in [-0.3, -0.25) is 4.79 Å². The largest absolute Gasteiger partial charge is 0.416 e. The van der Waals surface area contributed by atoms with E-state index in [-0.39, 0.29) is 11.6 Å². The summed E-state index contributed by atoms with van der Waals surface area (Å²) < 4.78 is 38.6. The van der Waals surface area contributed by atoms with Gasteiger partial charge in [0.1, 0.15) is 0 Å². The summed E-state index contributed by atoms with van der Waals surface area (Å²) in [6.45, 7) is 0. The fourth-order valence-electron chi connectivity index (χ4n) is 3.19. The van der Waals surface area contributed by atoms with E-state index in [1.165, 1.54) is 12.1 Å². The third-order valence-corrected chi connectivity index (χ3v) is 4.57. The highest BCUT2D eigenvalue weighted by Gasteiger charge is 2.31. The molecule has 3 rings (SSSR count). The number of nitrogens with zero attached hydrogens (tertiary/aromatic N) is 1. The summed E-state index contributed by atoms with van der Waals surface area (Å²) >= 11 is 0. The third kappa shape index (κ3) is 4.51. The van der Waals surface area contributed by atoms with Gasteiger partial charge in [0.05, 0.1) is 11.6 Å². The van der Waals surface area contributed by atoms with Crippen LogP contribution in [0.1, 0.15) is 45.1 Å². The molecule has 0 saturated carbocycles. The number of fused-ring (bicyclic) bond motifs is 1. The van der Waals surface area contributed by atoms with Crippen molar-refractivity contribution in [3.05, 3.63) is 76.5 Å². The molecule has 1 aliphatic rings. The predicted octanol–water partition coefficient (Wildman–Crippen LogP) is 4.66. The maximum absolute atomic E-state index is 12.9. The summed E-state index contributed by atoms with van der Waals surface area (Å²) in [6, 6.07) is 10.4. The lowest BCUT2D eigenvalue weighted by molar-refractivity contribution is -0.137. The second-order valence-corrected chi connectivity index (χ2v) is 6.88. The first-order chi connectivity index (χ1) is 12.7. The minimum Gasteiger partial charge on any atom is -0.383 e. The molecule has 142 valence electrons. The minimum absolute atomic E-state index is 0.0157. The van der Waals surface area contributed by atoms with Gasteiger partial charge in [0.15, 0.2) is 0 Å². The van der Waals surface area contributed by atoms with Gasteiger partial charge in [-0.15, -0.1) is 0 Å². The molecule has 6 heteroatoms. The van der Waals surface area contributed by atoms with Crippen LogP contribution in [0.25, 0.3) is 6.08 Å². The molecule has 0 radical (unpaired) electrons.